The Kier molecular flexibility index (Phi) is 4.02. The molecule has 5 heteroatoms. The highest BCUT2D eigenvalue weighted by Gasteiger charge is 2.60. The molecule has 1 heterocycles. The van der Waals surface area contributed by atoms with Crippen LogP contribution in [0.1, 0.15) is 47.0 Å². The highest BCUT2D eigenvalue weighted by Crippen LogP contribution is 2.52. The smallest absolute Gasteiger partial charge is 0.328 e. The minimum absolute atomic E-state index is 0.0107. The van der Waals surface area contributed by atoms with E-state index in [0.29, 0.717) is 38.0 Å². The largest absolute Gasteiger partial charge is 0.478 e. The van der Waals surface area contributed by atoms with E-state index in [1.807, 2.05) is 13.8 Å². The Bertz CT molecular complexity index is 481. The fraction of sp³-hybridized carbons (Fsp3) is 0.750. The Balaban J connectivity index is 2.43. The van der Waals surface area contributed by atoms with Gasteiger partial charge in [-0.25, -0.2) is 4.79 Å². The Morgan fingerprint density at radius 2 is 1.81 bits per heavy atom. The second-order valence-electron chi connectivity index (χ2n) is 7.06. The lowest BCUT2D eigenvalue weighted by Crippen LogP contribution is -2.62. The van der Waals surface area contributed by atoms with Crippen molar-refractivity contribution in [2.24, 2.45) is 10.8 Å². The monoisotopic (exact) mass is 296 g/mol. The number of ether oxygens (including phenoxy) is 2. The number of carboxylic acid groups (broad SMARTS) is 1. The van der Waals surface area contributed by atoms with Crippen LogP contribution in [-0.2, 0) is 19.1 Å². The van der Waals surface area contributed by atoms with E-state index in [0.717, 1.165) is 6.08 Å². The minimum atomic E-state index is -1.06. The second-order valence-corrected chi connectivity index (χ2v) is 7.06. The molecule has 0 aromatic rings. The van der Waals surface area contributed by atoms with Crippen LogP contribution in [0, 0.1) is 10.8 Å². The molecule has 1 atom stereocenters. The van der Waals surface area contributed by atoms with Crippen LogP contribution < -0.4 is 0 Å². The minimum Gasteiger partial charge on any atom is -0.478 e. The summed E-state index contributed by atoms with van der Waals surface area (Å²) in [5, 5.41) is 9.02. The third-order valence-electron chi connectivity index (χ3n) is 4.75. The molecule has 2 aliphatic rings. The van der Waals surface area contributed by atoms with Crippen LogP contribution in [0.4, 0.5) is 0 Å². The first-order valence-corrected chi connectivity index (χ1v) is 7.36. The zero-order valence-electron chi connectivity index (χ0n) is 13.2. The summed E-state index contributed by atoms with van der Waals surface area (Å²) < 4.78 is 12.1. The topological polar surface area (TPSA) is 72.8 Å². The Hall–Kier alpha value is -1.20. The zero-order chi connectivity index (χ0) is 15.9. The van der Waals surface area contributed by atoms with Crippen LogP contribution in [0.3, 0.4) is 0 Å². The number of carboxylic acids is 1. The summed E-state index contributed by atoms with van der Waals surface area (Å²) in [5.41, 5.74) is -0.656. The predicted molar refractivity (Wildman–Crippen MR) is 76.8 cm³/mol. The standard InChI is InChI=1S/C16H24O5/c1-11(8-13(18)19)15(4)12(17)6-5-7-16(15)20-9-14(2,3)10-21-16/h8H,5-7,9-10H2,1-4H3,(H,18,19)/b11-8+. The van der Waals surface area contributed by atoms with Gasteiger partial charge in [0.15, 0.2) is 5.79 Å². The molecule has 1 aliphatic heterocycles. The molecule has 5 nitrogen and oxygen atoms in total. The van der Waals surface area contributed by atoms with Crippen molar-refractivity contribution in [3.05, 3.63) is 11.6 Å². The fourth-order valence-electron chi connectivity index (χ4n) is 3.18. The van der Waals surface area contributed by atoms with Gasteiger partial charge in [0.1, 0.15) is 11.2 Å². The molecule has 1 saturated carbocycles. The predicted octanol–water partition coefficient (Wildman–Crippen LogP) is 2.55. The SMILES string of the molecule is C/C(=C\C(=O)O)C1(C)C(=O)CCCC12OCC(C)(C)CO2. The number of ketones is 1. The van der Waals surface area contributed by atoms with Gasteiger partial charge in [-0.3, -0.25) is 4.79 Å². The van der Waals surface area contributed by atoms with Gasteiger partial charge < -0.3 is 14.6 Å². The maximum Gasteiger partial charge on any atom is 0.328 e. The van der Waals surface area contributed by atoms with Gasteiger partial charge in [0, 0.05) is 24.3 Å². The van der Waals surface area contributed by atoms with Crippen LogP contribution in [-0.4, -0.2) is 35.9 Å². The maximum atomic E-state index is 12.6. The summed E-state index contributed by atoms with van der Waals surface area (Å²) in [6, 6.07) is 0. The van der Waals surface area contributed by atoms with Crippen LogP contribution >= 0.6 is 0 Å². The van der Waals surface area contributed by atoms with Gasteiger partial charge in [0.05, 0.1) is 13.2 Å². The molecule has 2 rings (SSSR count). The normalized spacial score (nSPS) is 32.2. The summed E-state index contributed by atoms with van der Waals surface area (Å²) in [4.78, 5) is 23.6. The van der Waals surface area contributed by atoms with Crippen molar-refractivity contribution in [3.63, 3.8) is 0 Å². The van der Waals surface area contributed by atoms with Crippen molar-refractivity contribution in [3.8, 4) is 0 Å². The molecule has 0 aromatic heterocycles. The molecule has 0 amide bonds. The summed E-state index contributed by atoms with van der Waals surface area (Å²) in [6.07, 6.45) is 2.84. The highest BCUT2D eigenvalue weighted by atomic mass is 16.7. The maximum absolute atomic E-state index is 12.6. The van der Waals surface area contributed by atoms with E-state index in [-0.39, 0.29) is 11.2 Å². The first-order chi connectivity index (χ1) is 9.63. The first kappa shape index (κ1) is 16.2. The van der Waals surface area contributed by atoms with Crippen LogP contribution in [0.5, 0.6) is 0 Å². The van der Waals surface area contributed by atoms with Gasteiger partial charge in [0.25, 0.3) is 0 Å². The summed E-state index contributed by atoms with van der Waals surface area (Å²) >= 11 is 0. The molecule has 1 N–H and O–H groups in total. The molecule has 2 fully saturated rings. The van der Waals surface area contributed by atoms with E-state index >= 15 is 0 Å². The summed E-state index contributed by atoms with van der Waals surface area (Å²) in [6.45, 7) is 8.50. The van der Waals surface area contributed by atoms with Crippen molar-refractivity contribution in [2.75, 3.05) is 13.2 Å². The molecule has 118 valence electrons. The zero-order valence-corrected chi connectivity index (χ0v) is 13.2. The number of carbonyl (C=O) groups is 2. The van der Waals surface area contributed by atoms with Crippen LogP contribution in [0.2, 0.25) is 0 Å². The molecule has 1 unspecified atom stereocenters. The van der Waals surface area contributed by atoms with E-state index in [1.54, 1.807) is 13.8 Å². The van der Waals surface area contributed by atoms with E-state index in [9.17, 15) is 9.59 Å². The van der Waals surface area contributed by atoms with Gasteiger partial charge in [0.2, 0.25) is 0 Å². The number of Topliss-reactive ketones (excluding diaryl/α,β-unsaturated/α-hetero) is 1. The average Bonchev–Trinajstić information content (AvgIpc) is 2.38. The number of carbonyl (C=O) groups excluding carboxylic acids is 1. The Labute approximate surface area is 125 Å². The van der Waals surface area contributed by atoms with Gasteiger partial charge in [-0.05, 0) is 25.8 Å². The first-order valence-electron chi connectivity index (χ1n) is 7.36. The van der Waals surface area contributed by atoms with Crippen LogP contribution in [0.15, 0.2) is 11.6 Å². The number of rotatable bonds is 2. The molecule has 0 radical (unpaired) electrons. The molecule has 1 spiro atoms. The molecule has 1 aliphatic carbocycles. The lowest BCUT2D eigenvalue weighted by atomic mass is 9.64. The van der Waals surface area contributed by atoms with E-state index in [1.165, 1.54) is 0 Å². The lowest BCUT2D eigenvalue weighted by Gasteiger charge is -2.54. The van der Waals surface area contributed by atoms with Crippen molar-refractivity contribution in [1.82, 2.24) is 0 Å². The third-order valence-corrected chi connectivity index (χ3v) is 4.75. The highest BCUT2D eigenvalue weighted by molar-refractivity contribution is 5.91. The van der Waals surface area contributed by atoms with Gasteiger partial charge in [-0.1, -0.05) is 13.8 Å². The van der Waals surface area contributed by atoms with Crippen LogP contribution in [0.25, 0.3) is 0 Å². The number of hydrogen-bond acceptors (Lipinski definition) is 4. The molecule has 0 bridgehead atoms. The van der Waals surface area contributed by atoms with Gasteiger partial charge >= 0.3 is 5.97 Å². The van der Waals surface area contributed by atoms with Crippen molar-refractivity contribution < 1.29 is 24.2 Å². The molecule has 1 saturated heterocycles. The van der Waals surface area contributed by atoms with Gasteiger partial charge in [-0.15, -0.1) is 0 Å². The summed E-state index contributed by atoms with van der Waals surface area (Å²) in [5.74, 6) is -2.10. The van der Waals surface area contributed by atoms with E-state index < -0.39 is 17.2 Å². The van der Waals surface area contributed by atoms with Gasteiger partial charge in [-0.2, -0.15) is 0 Å². The Morgan fingerprint density at radius 3 is 2.33 bits per heavy atom. The fourth-order valence-corrected chi connectivity index (χ4v) is 3.18. The molecule has 0 aromatic carbocycles. The number of aliphatic carboxylic acids is 1. The molecular formula is C16H24O5. The molecular weight excluding hydrogens is 272 g/mol. The number of hydrogen-bond donors (Lipinski definition) is 1. The second kappa shape index (κ2) is 5.21. The quantitative estimate of drug-likeness (QED) is 0.793. The van der Waals surface area contributed by atoms with Crippen molar-refractivity contribution >= 4 is 11.8 Å². The average molecular weight is 296 g/mol. The Morgan fingerprint density at radius 1 is 1.24 bits per heavy atom. The van der Waals surface area contributed by atoms with Crippen molar-refractivity contribution in [2.45, 2.75) is 52.7 Å². The lowest BCUT2D eigenvalue weighted by molar-refractivity contribution is -0.338. The summed E-state index contributed by atoms with van der Waals surface area (Å²) in [7, 11) is 0. The van der Waals surface area contributed by atoms with E-state index in [4.69, 9.17) is 14.6 Å². The third kappa shape index (κ3) is 2.64. The van der Waals surface area contributed by atoms with E-state index in [2.05, 4.69) is 0 Å². The van der Waals surface area contributed by atoms with Crippen molar-refractivity contribution in [1.29, 1.82) is 0 Å². The molecule has 21 heavy (non-hydrogen) atoms.